The van der Waals surface area contributed by atoms with Gasteiger partial charge in [0.05, 0.1) is 9.95 Å². The highest BCUT2D eigenvalue weighted by Gasteiger charge is 2.29. The third kappa shape index (κ3) is 2.65. The molecule has 2 N–H and O–H groups in total. The summed E-state index contributed by atoms with van der Waals surface area (Å²) in [5, 5.41) is 9.97. The van der Waals surface area contributed by atoms with Crippen LogP contribution in [0.1, 0.15) is 10.4 Å². The first kappa shape index (κ1) is 12.8. The van der Waals surface area contributed by atoms with Crippen LogP contribution in [0.5, 0.6) is 0 Å². The number of nitro benzene ring substituents is 1. The summed E-state index contributed by atoms with van der Waals surface area (Å²) in [7, 11) is -4.94. The molecule has 0 atom stereocenters. The van der Waals surface area contributed by atoms with Crippen LogP contribution in [0.25, 0.3) is 0 Å². The van der Waals surface area contributed by atoms with Gasteiger partial charge in [0.25, 0.3) is 11.2 Å². The fourth-order valence-corrected chi connectivity index (χ4v) is 1.78. The molecule has 1 aromatic rings. The van der Waals surface area contributed by atoms with E-state index in [4.69, 9.17) is 21.4 Å². The van der Waals surface area contributed by atoms with Gasteiger partial charge in [-0.2, -0.15) is 0 Å². The van der Waals surface area contributed by atoms with E-state index in [1.807, 2.05) is 0 Å². The molecule has 0 heterocycles. The first-order valence-electron chi connectivity index (χ1n) is 3.78. The van der Waals surface area contributed by atoms with Crippen molar-refractivity contribution in [3.05, 3.63) is 38.9 Å². The summed E-state index contributed by atoms with van der Waals surface area (Å²) < 4.78 is 10.7. The molecule has 16 heavy (non-hydrogen) atoms. The second-order valence-corrected chi connectivity index (χ2v) is 4.67. The van der Waals surface area contributed by atoms with Crippen LogP contribution in [0.2, 0.25) is 5.02 Å². The lowest BCUT2D eigenvalue weighted by atomic mass is 10.2. The van der Waals surface area contributed by atoms with Crippen molar-refractivity contribution in [2.45, 2.75) is 0 Å². The molecule has 86 valence electrons. The fourth-order valence-electron chi connectivity index (χ4n) is 0.948. The van der Waals surface area contributed by atoms with Gasteiger partial charge in [-0.3, -0.25) is 19.5 Å². The summed E-state index contributed by atoms with van der Waals surface area (Å²) in [4.78, 5) is 38.0. The Morgan fingerprint density at radius 1 is 1.44 bits per heavy atom. The van der Waals surface area contributed by atoms with Crippen molar-refractivity contribution in [1.29, 1.82) is 0 Å². The third-order valence-electron chi connectivity index (χ3n) is 1.66. The molecule has 1 rings (SSSR count). The van der Waals surface area contributed by atoms with E-state index in [1.165, 1.54) is 0 Å². The Labute approximate surface area is 94.0 Å². The van der Waals surface area contributed by atoms with Crippen LogP contribution in [0, 0.1) is 10.1 Å². The lowest BCUT2D eigenvalue weighted by Gasteiger charge is -2.04. The normalized spacial score (nSPS) is 11.2. The number of hydrogen-bond acceptors (Lipinski definition) is 4. The molecule has 0 aliphatic heterocycles. The molecule has 0 bridgehead atoms. The van der Waals surface area contributed by atoms with E-state index in [1.54, 1.807) is 0 Å². The predicted molar refractivity (Wildman–Crippen MR) is 54.5 cm³/mol. The zero-order valence-corrected chi connectivity index (χ0v) is 9.18. The van der Waals surface area contributed by atoms with Crippen LogP contribution in [0.4, 0.5) is 5.69 Å². The van der Waals surface area contributed by atoms with Crippen LogP contribution in [0.15, 0.2) is 18.2 Å². The van der Waals surface area contributed by atoms with Crippen LogP contribution < -0.4 is 0 Å². The molecule has 0 radical (unpaired) electrons. The number of hydrogen-bond donors (Lipinski definition) is 2. The molecule has 7 nitrogen and oxygen atoms in total. The number of benzene rings is 1. The van der Waals surface area contributed by atoms with E-state index < -0.39 is 23.6 Å². The van der Waals surface area contributed by atoms with Gasteiger partial charge in [0.2, 0.25) is 0 Å². The minimum absolute atomic E-state index is 0.368. The smallest absolute Gasteiger partial charge is 0.319 e. The number of rotatable bonds is 3. The number of non-ortho nitro benzene ring substituents is 1. The Morgan fingerprint density at radius 3 is 2.38 bits per heavy atom. The predicted octanol–water partition coefficient (Wildman–Crippen LogP) is 1.57. The summed E-state index contributed by atoms with van der Waals surface area (Å²) in [5.41, 5.74) is -2.28. The summed E-state index contributed by atoms with van der Waals surface area (Å²) in [6.45, 7) is 0. The fraction of sp³-hybridized carbons (Fsp3) is 0. The Balaban J connectivity index is 3.24. The zero-order chi connectivity index (χ0) is 12.5. The van der Waals surface area contributed by atoms with Gasteiger partial charge in [0.1, 0.15) is 0 Å². The maximum atomic E-state index is 11.2. The van der Waals surface area contributed by atoms with Crippen molar-refractivity contribution in [3.8, 4) is 0 Å². The van der Waals surface area contributed by atoms with E-state index in [2.05, 4.69) is 0 Å². The van der Waals surface area contributed by atoms with Gasteiger partial charge in [-0.15, -0.1) is 0 Å². The zero-order valence-electron chi connectivity index (χ0n) is 7.53. The van der Waals surface area contributed by atoms with E-state index in [9.17, 15) is 19.5 Å². The summed E-state index contributed by atoms with van der Waals surface area (Å²) >= 11 is 5.51. The molecular formula is C7H5ClNO6P. The average Bonchev–Trinajstić information content (AvgIpc) is 2.15. The Morgan fingerprint density at radius 2 is 2.00 bits per heavy atom. The molecule has 0 fully saturated rings. The third-order valence-corrected chi connectivity index (χ3v) is 2.74. The summed E-state index contributed by atoms with van der Waals surface area (Å²) in [6.07, 6.45) is 0. The first-order valence-corrected chi connectivity index (χ1v) is 5.77. The molecule has 1 aromatic carbocycles. The molecule has 0 aliphatic rings. The highest BCUT2D eigenvalue weighted by molar-refractivity contribution is 7.70. The van der Waals surface area contributed by atoms with Crippen molar-refractivity contribution < 1.29 is 24.1 Å². The van der Waals surface area contributed by atoms with Gasteiger partial charge >= 0.3 is 7.60 Å². The van der Waals surface area contributed by atoms with Gasteiger partial charge < -0.3 is 9.79 Å². The minimum Gasteiger partial charge on any atom is -0.319 e. The SMILES string of the molecule is O=C(c1ccc([N+](=O)[O-])cc1Cl)P(=O)(O)O. The Hall–Kier alpha value is -1.27. The number of nitro groups is 1. The van der Waals surface area contributed by atoms with Crippen LogP contribution in [-0.4, -0.2) is 20.2 Å². The van der Waals surface area contributed by atoms with Gasteiger partial charge in [-0.25, -0.2) is 0 Å². The topological polar surface area (TPSA) is 118 Å². The number of halogens is 1. The van der Waals surface area contributed by atoms with Crippen molar-refractivity contribution in [3.63, 3.8) is 0 Å². The number of nitrogens with zero attached hydrogens (tertiary/aromatic N) is 1. The minimum atomic E-state index is -4.94. The molecule has 0 spiro atoms. The maximum absolute atomic E-state index is 11.2. The van der Waals surface area contributed by atoms with E-state index in [0.29, 0.717) is 0 Å². The van der Waals surface area contributed by atoms with Crippen LogP contribution in [-0.2, 0) is 4.57 Å². The molecule has 0 unspecified atom stereocenters. The summed E-state index contributed by atoms with van der Waals surface area (Å²) in [5.74, 6) is 0. The van der Waals surface area contributed by atoms with Crippen molar-refractivity contribution >= 4 is 30.4 Å². The van der Waals surface area contributed by atoms with Gasteiger partial charge in [0, 0.05) is 17.7 Å². The average molecular weight is 266 g/mol. The number of carbonyl (C=O) groups is 1. The van der Waals surface area contributed by atoms with E-state index >= 15 is 0 Å². The van der Waals surface area contributed by atoms with E-state index in [0.717, 1.165) is 18.2 Å². The maximum Gasteiger partial charge on any atom is 0.396 e. The van der Waals surface area contributed by atoms with Crippen LogP contribution in [0.3, 0.4) is 0 Å². The standard InChI is InChI=1S/C7H5ClNO6P/c8-6-3-4(9(11)12)1-2-5(6)7(10)16(13,14)15/h1-3H,(H2,13,14,15). The van der Waals surface area contributed by atoms with Crippen molar-refractivity contribution in [2.24, 2.45) is 0 Å². The lowest BCUT2D eigenvalue weighted by Crippen LogP contribution is -2.01. The quantitative estimate of drug-likeness (QED) is 0.486. The van der Waals surface area contributed by atoms with Crippen molar-refractivity contribution in [2.75, 3.05) is 0 Å². The second-order valence-electron chi connectivity index (χ2n) is 2.77. The summed E-state index contributed by atoms with van der Waals surface area (Å²) in [6, 6.07) is 2.70. The second kappa shape index (κ2) is 4.31. The van der Waals surface area contributed by atoms with Crippen LogP contribution >= 0.6 is 19.2 Å². The number of carbonyl (C=O) groups excluding carboxylic acids is 1. The first-order chi connectivity index (χ1) is 7.23. The molecule has 0 amide bonds. The highest BCUT2D eigenvalue weighted by atomic mass is 35.5. The molecule has 9 heteroatoms. The largest absolute Gasteiger partial charge is 0.396 e. The lowest BCUT2D eigenvalue weighted by molar-refractivity contribution is -0.384. The van der Waals surface area contributed by atoms with E-state index in [-0.39, 0.29) is 10.7 Å². The highest BCUT2D eigenvalue weighted by Crippen LogP contribution is 2.41. The van der Waals surface area contributed by atoms with Gasteiger partial charge in [0.15, 0.2) is 0 Å². The molecule has 0 saturated carbocycles. The molecule has 0 saturated heterocycles. The molecular weight excluding hydrogens is 261 g/mol. The van der Waals surface area contributed by atoms with Gasteiger partial charge in [-0.1, -0.05) is 11.6 Å². The van der Waals surface area contributed by atoms with Gasteiger partial charge in [-0.05, 0) is 6.07 Å². The van der Waals surface area contributed by atoms with Crippen molar-refractivity contribution in [1.82, 2.24) is 0 Å². The Kier molecular flexibility index (Phi) is 3.44. The molecule has 0 aromatic heterocycles. The molecule has 0 aliphatic carbocycles. The monoisotopic (exact) mass is 265 g/mol. The Bertz CT molecular complexity index is 510.